The van der Waals surface area contributed by atoms with E-state index in [1.54, 1.807) is 31.2 Å². The van der Waals surface area contributed by atoms with Crippen LogP contribution < -0.4 is 21.5 Å². The second-order valence-corrected chi connectivity index (χ2v) is 7.07. The summed E-state index contributed by atoms with van der Waals surface area (Å²) in [6, 6.07) is 14.9. The van der Waals surface area contributed by atoms with Crippen molar-refractivity contribution in [3.05, 3.63) is 92.6 Å². The Morgan fingerprint density at radius 2 is 1.68 bits per heavy atom. The standard InChI is InChI=1S/C23H18FN3O4/c1-12(13-4-2-5-15(28)10-13)25-20-21(23(31)22(20)30)26-14-8-9-18(29)16(11-14)17-6-3-7-19(24)27-17/h2-12,25-26,28-29H,1H3. The smallest absolute Gasteiger partial charge is 0.253 e. The van der Waals surface area contributed by atoms with Crippen LogP contribution in [-0.2, 0) is 0 Å². The number of benzene rings is 2. The molecule has 1 atom stereocenters. The molecule has 31 heavy (non-hydrogen) atoms. The van der Waals surface area contributed by atoms with Crippen molar-refractivity contribution in [1.82, 2.24) is 4.98 Å². The van der Waals surface area contributed by atoms with E-state index in [0.29, 0.717) is 5.69 Å². The Hall–Kier alpha value is -4.20. The number of phenols is 2. The highest BCUT2D eigenvalue weighted by atomic mass is 19.1. The lowest BCUT2D eigenvalue weighted by molar-refractivity contribution is 0.474. The van der Waals surface area contributed by atoms with E-state index in [0.717, 1.165) is 5.56 Å². The third-order valence-corrected chi connectivity index (χ3v) is 4.90. The molecular formula is C23H18FN3O4. The van der Waals surface area contributed by atoms with Crippen molar-refractivity contribution in [2.75, 3.05) is 10.6 Å². The van der Waals surface area contributed by atoms with Gasteiger partial charge in [0.15, 0.2) is 0 Å². The van der Waals surface area contributed by atoms with Gasteiger partial charge in [-0.2, -0.15) is 4.39 Å². The van der Waals surface area contributed by atoms with E-state index < -0.39 is 16.8 Å². The van der Waals surface area contributed by atoms with Crippen molar-refractivity contribution in [1.29, 1.82) is 0 Å². The average molecular weight is 419 g/mol. The van der Waals surface area contributed by atoms with Gasteiger partial charge in [0.2, 0.25) is 5.95 Å². The first-order valence-electron chi connectivity index (χ1n) is 9.45. The first-order chi connectivity index (χ1) is 14.8. The maximum absolute atomic E-state index is 13.5. The fourth-order valence-corrected chi connectivity index (χ4v) is 3.26. The van der Waals surface area contributed by atoms with E-state index in [9.17, 15) is 24.2 Å². The molecule has 0 saturated heterocycles. The number of pyridine rings is 1. The minimum absolute atomic E-state index is 0.0841. The summed E-state index contributed by atoms with van der Waals surface area (Å²) in [5, 5.41) is 25.7. The van der Waals surface area contributed by atoms with Gasteiger partial charge in [0.1, 0.15) is 22.9 Å². The quantitative estimate of drug-likeness (QED) is 0.214. The first kappa shape index (κ1) is 20.1. The Morgan fingerprint density at radius 1 is 0.935 bits per heavy atom. The van der Waals surface area contributed by atoms with Crippen molar-refractivity contribution >= 4 is 17.1 Å². The number of anilines is 3. The molecule has 0 aliphatic heterocycles. The van der Waals surface area contributed by atoms with Crippen molar-refractivity contribution < 1.29 is 14.6 Å². The molecular weight excluding hydrogens is 401 g/mol. The molecule has 4 N–H and O–H groups in total. The number of hydrogen-bond acceptors (Lipinski definition) is 7. The van der Waals surface area contributed by atoms with Gasteiger partial charge < -0.3 is 20.8 Å². The van der Waals surface area contributed by atoms with Crippen LogP contribution in [0.4, 0.5) is 21.5 Å². The molecule has 3 aromatic carbocycles. The molecule has 0 aliphatic carbocycles. The van der Waals surface area contributed by atoms with Gasteiger partial charge in [-0.3, -0.25) is 9.59 Å². The molecule has 0 radical (unpaired) electrons. The number of phenolic OH excluding ortho intramolecular Hbond substituents is 2. The maximum atomic E-state index is 13.5. The summed E-state index contributed by atoms with van der Waals surface area (Å²) in [6.07, 6.45) is 0. The number of aromatic nitrogens is 1. The van der Waals surface area contributed by atoms with Crippen molar-refractivity contribution in [2.24, 2.45) is 0 Å². The van der Waals surface area contributed by atoms with E-state index in [4.69, 9.17) is 0 Å². The summed E-state index contributed by atoms with van der Waals surface area (Å²) in [5.74, 6) is -0.702. The predicted molar refractivity (Wildman–Crippen MR) is 116 cm³/mol. The third kappa shape index (κ3) is 3.95. The second-order valence-electron chi connectivity index (χ2n) is 7.07. The molecule has 156 valence electrons. The lowest BCUT2D eigenvalue weighted by Crippen LogP contribution is -2.37. The number of nitrogens with one attached hydrogen (secondary N) is 2. The van der Waals surface area contributed by atoms with Crippen LogP contribution in [0.3, 0.4) is 0 Å². The van der Waals surface area contributed by atoms with E-state index in [1.807, 2.05) is 0 Å². The minimum Gasteiger partial charge on any atom is -0.508 e. The van der Waals surface area contributed by atoms with Gasteiger partial charge in [0.25, 0.3) is 10.9 Å². The monoisotopic (exact) mass is 419 g/mol. The van der Waals surface area contributed by atoms with Gasteiger partial charge in [0.05, 0.1) is 5.69 Å². The van der Waals surface area contributed by atoms with Crippen molar-refractivity contribution in [3.63, 3.8) is 0 Å². The number of aromatic hydroxyl groups is 2. The highest BCUT2D eigenvalue weighted by molar-refractivity contribution is 5.81. The van der Waals surface area contributed by atoms with Gasteiger partial charge in [-0.05, 0) is 55.0 Å². The molecule has 0 amide bonds. The normalized spacial score (nSPS) is 11.9. The molecule has 0 aliphatic rings. The molecule has 1 unspecified atom stereocenters. The fourth-order valence-electron chi connectivity index (χ4n) is 3.26. The number of rotatable bonds is 6. The van der Waals surface area contributed by atoms with E-state index >= 15 is 0 Å². The molecule has 1 heterocycles. The zero-order valence-corrected chi connectivity index (χ0v) is 16.4. The fraction of sp³-hybridized carbons (Fsp3) is 0.0870. The van der Waals surface area contributed by atoms with Crippen LogP contribution in [0.25, 0.3) is 11.3 Å². The van der Waals surface area contributed by atoms with Crippen LogP contribution in [0, 0.1) is 5.95 Å². The van der Waals surface area contributed by atoms with Crippen LogP contribution in [0.2, 0.25) is 0 Å². The van der Waals surface area contributed by atoms with Crippen molar-refractivity contribution in [2.45, 2.75) is 13.0 Å². The van der Waals surface area contributed by atoms with Crippen molar-refractivity contribution in [3.8, 4) is 22.8 Å². The summed E-state index contributed by atoms with van der Waals surface area (Å²) in [6.45, 7) is 1.80. The Morgan fingerprint density at radius 3 is 2.42 bits per heavy atom. The minimum atomic E-state index is -0.690. The Balaban J connectivity index is 1.61. The molecule has 0 bridgehead atoms. The van der Waals surface area contributed by atoms with Gasteiger partial charge in [0, 0.05) is 17.3 Å². The van der Waals surface area contributed by atoms with Crippen LogP contribution in [0.5, 0.6) is 11.5 Å². The lowest BCUT2D eigenvalue weighted by atomic mass is 10.1. The molecule has 4 rings (SSSR count). The van der Waals surface area contributed by atoms with Crippen LogP contribution in [0.1, 0.15) is 18.5 Å². The van der Waals surface area contributed by atoms with Gasteiger partial charge in [-0.15, -0.1) is 0 Å². The van der Waals surface area contributed by atoms with Crippen LogP contribution >= 0.6 is 0 Å². The average Bonchev–Trinajstić information content (AvgIpc) is 2.76. The SMILES string of the molecule is CC(Nc1c(Nc2ccc(O)c(-c3cccc(F)n3)c2)c(=O)c1=O)c1cccc(O)c1. The summed E-state index contributed by atoms with van der Waals surface area (Å²) < 4.78 is 13.5. The predicted octanol–water partition coefficient (Wildman–Crippen LogP) is 3.81. The highest BCUT2D eigenvalue weighted by Gasteiger charge is 2.23. The van der Waals surface area contributed by atoms with E-state index in [1.165, 1.54) is 36.4 Å². The summed E-state index contributed by atoms with van der Waals surface area (Å²) >= 11 is 0. The number of halogens is 1. The summed E-state index contributed by atoms with van der Waals surface area (Å²) in [4.78, 5) is 28.0. The molecule has 0 spiro atoms. The zero-order valence-electron chi connectivity index (χ0n) is 16.4. The largest absolute Gasteiger partial charge is 0.508 e. The Labute approximate surface area is 176 Å². The molecule has 0 fully saturated rings. The highest BCUT2D eigenvalue weighted by Crippen LogP contribution is 2.33. The van der Waals surface area contributed by atoms with Gasteiger partial charge in [-0.25, -0.2) is 4.98 Å². The van der Waals surface area contributed by atoms with Gasteiger partial charge in [-0.1, -0.05) is 18.2 Å². The summed E-state index contributed by atoms with van der Waals surface area (Å²) in [7, 11) is 0. The molecule has 7 nitrogen and oxygen atoms in total. The van der Waals surface area contributed by atoms with Crippen LogP contribution in [0.15, 0.2) is 70.3 Å². The maximum Gasteiger partial charge on any atom is 0.253 e. The topological polar surface area (TPSA) is 112 Å². The first-order valence-corrected chi connectivity index (χ1v) is 9.45. The third-order valence-electron chi connectivity index (χ3n) is 4.90. The molecule has 1 aromatic heterocycles. The summed E-state index contributed by atoms with van der Waals surface area (Å²) in [5.41, 5.74) is 0.527. The second kappa shape index (κ2) is 7.91. The Kier molecular flexibility index (Phi) is 5.12. The molecule has 8 heteroatoms. The molecule has 0 saturated carbocycles. The van der Waals surface area contributed by atoms with Crippen LogP contribution in [-0.4, -0.2) is 15.2 Å². The lowest BCUT2D eigenvalue weighted by Gasteiger charge is -2.20. The van der Waals surface area contributed by atoms with Gasteiger partial charge >= 0.3 is 0 Å². The number of nitrogens with zero attached hydrogens (tertiary/aromatic N) is 1. The van der Waals surface area contributed by atoms with E-state index in [-0.39, 0.29) is 40.2 Å². The van der Waals surface area contributed by atoms with E-state index in [2.05, 4.69) is 15.6 Å². The zero-order chi connectivity index (χ0) is 22.1. The molecule has 4 aromatic rings. The Bertz CT molecular complexity index is 1350. The number of hydrogen-bond donors (Lipinski definition) is 4.